The van der Waals surface area contributed by atoms with E-state index in [-0.39, 0.29) is 29.9 Å². The number of thiazole rings is 1. The molecule has 0 aromatic carbocycles. The minimum atomic E-state index is -0.0704. The number of halogens is 1. The van der Waals surface area contributed by atoms with Gasteiger partial charge in [0.15, 0.2) is 5.96 Å². The maximum absolute atomic E-state index is 11.9. The Morgan fingerprint density at radius 1 is 1.50 bits per heavy atom. The van der Waals surface area contributed by atoms with Gasteiger partial charge in [-0.25, -0.2) is 4.98 Å². The van der Waals surface area contributed by atoms with Gasteiger partial charge < -0.3 is 16.0 Å². The van der Waals surface area contributed by atoms with Gasteiger partial charge in [0.05, 0.1) is 17.7 Å². The lowest BCUT2D eigenvalue weighted by molar-refractivity contribution is 0.0958. The van der Waals surface area contributed by atoms with Crippen LogP contribution in [0.1, 0.15) is 35.6 Å². The largest absolute Gasteiger partial charge is 0.357 e. The van der Waals surface area contributed by atoms with Gasteiger partial charge in [-0.1, -0.05) is 6.92 Å². The second-order valence-corrected chi connectivity index (χ2v) is 6.10. The van der Waals surface area contributed by atoms with Gasteiger partial charge in [-0.05, 0) is 26.2 Å². The van der Waals surface area contributed by atoms with Crippen LogP contribution in [0.5, 0.6) is 0 Å². The third kappa shape index (κ3) is 5.71. The Bertz CT molecular complexity index is 519. The molecule has 1 aromatic rings. The fourth-order valence-electron chi connectivity index (χ4n) is 1.96. The molecule has 1 aliphatic carbocycles. The Balaban J connectivity index is 0.00000242. The van der Waals surface area contributed by atoms with Crippen LogP contribution in [0, 0.1) is 12.8 Å². The Labute approximate surface area is 152 Å². The molecule has 2 atom stereocenters. The second kappa shape index (κ2) is 9.29. The predicted octanol–water partition coefficient (Wildman–Crippen LogP) is 1.76. The van der Waals surface area contributed by atoms with E-state index in [1.54, 1.807) is 5.51 Å². The van der Waals surface area contributed by atoms with E-state index in [1.807, 2.05) is 13.8 Å². The summed E-state index contributed by atoms with van der Waals surface area (Å²) in [4.78, 5) is 21.1. The van der Waals surface area contributed by atoms with Crippen LogP contribution in [0.2, 0.25) is 0 Å². The molecule has 3 N–H and O–H groups in total. The van der Waals surface area contributed by atoms with Gasteiger partial charge in [0.2, 0.25) is 0 Å². The van der Waals surface area contributed by atoms with Crippen LogP contribution in [0.25, 0.3) is 0 Å². The molecule has 22 heavy (non-hydrogen) atoms. The number of nitrogens with one attached hydrogen (secondary N) is 3. The van der Waals surface area contributed by atoms with E-state index in [1.165, 1.54) is 17.8 Å². The van der Waals surface area contributed by atoms with Crippen LogP contribution in [0.15, 0.2) is 10.5 Å². The van der Waals surface area contributed by atoms with Crippen molar-refractivity contribution in [3.8, 4) is 0 Å². The first-order valence-electron chi connectivity index (χ1n) is 7.35. The van der Waals surface area contributed by atoms with Crippen molar-refractivity contribution in [2.45, 2.75) is 33.2 Å². The van der Waals surface area contributed by atoms with E-state index in [2.05, 4.69) is 32.9 Å². The van der Waals surface area contributed by atoms with Crippen molar-refractivity contribution in [1.82, 2.24) is 20.9 Å². The number of amides is 1. The first-order chi connectivity index (χ1) is 10.1. The molecule has 1 heterocycles. The van der Waals surface area contributed by atoms with Crippen molar-refractivity contribution in [3.05, 3.63) is 16.1 Å². The standard InChI is InChI=1S/C14H23N5OS.HI/c1-4-15-14(19-11-7-9(11)2)17-6-5-16-13(20)12-10(3)18-8-21-12;/h8-9,11H,4-7H2,1-3H3,(H,16,20)(H2,15,17,19);1H. The van der Waals surface area contributed by atoms with Crippen LogP contribution in [0.4, 0.5) is 0 Å². The fourth-order valence-corrected chi connectivity index (χ4v) is 2.67. The van der Waals surface area contributed by atoms with Gasteiger partial charge in [-0.15, -0.1) is 35.3 Å². The number of hydrogen-bond acceptors (Lipinski definition) is 4. The average molecular weight is 437 g/mol. The van der Waals surface area contributed by atoms with E-state index in [0.29, 0.717) is 24.0 Å². The predicted molar refractivity (Wildman–Crippen MR) is 101 cm³/mol. The van der Waals surface area contributed by atoms with Gasteiger partial charge in [0.25, 0.3) is 5.91 Å². The summed E-state index contributed by atoms with van der Waals surface area (Å²) < 4.78 is 0. The molecule has 6 nitrogen and oxygen atoms in total. The Hall–Kier alpha value is -0.900. The van der Waals surface area contributed by atoms with Gasteiger partial charge in [-0.3, -0.25) is 9.79 Å². The summed E-state index contributed by atoms with van der Waals surface area (Å²) in [5, 5.41) is 9.47. The monoisotopic (exact) mass is 437 g/mol. The molecular weight excluding hydrogens is 413 g/mol. The van der Waals surface area contributed by atoms with Gasteiger partial charge in [-0.2, -0.15) is 0 Å². The zero-order chi connectivity index (χ0) is 15.2. The number of aliphatic imine (C=N–C) groups is 1. The third-order valence-corrected chi connectivity index (χ3v) is 4.32. The number of aromatic nitrogens is 1. The first-order valence-corrected chi connectivity index (χ1v) is 8.23. The molecule has 8 heteroatoms. The van der Waals surface area contributed by atoms with Crippen LogP contribution in [-0.4, -0.2) is 42.5 Å². The maximum Gasteiger partial charge on any atom is 0.263 e. The zero-order valence-corrected chi connectivity index (χ0v) is 16.3. The van der Waals surface area contributed by atoms with Crippen molar-refractivity contribution in [2.75, 3.05) is 19.6 Å². The summed E-state index contributed by atoms with van der Waals surface area (Å²) in [5.74, 6) is 1.48. The topological polar surface area (TPSA) is 78.4 Å². The number of guanidine groups is 1. The van der Waals surface area contributed by atoms with Gasteiger partial charge in [0.1, 0.15) is 4.88 Å². The summed E-state index contributed by atoms with van der Waals surface area (Å²) in [5.41, 5.74) is 2.46. The molecule has 2 rings (SSSR count). The number of nitrogens with zero attached hydrogens (tertiary/aromatic N) is 2. The maximum atomic E-state index is 11.9. The molecule has 0 saturated heterocycles. The van der Waals surface area contributed by atoms with Crippen molar-refractivity contribution in [3.63, 3.8) is 0 Å². The van der Waals surface area contributed by atoms with Crippen molar-refractivity contribution in [2.24, 2.45) is 10.9 Å². The average Bonchev–Trinajstić information content (AvgIpc) is 2.96. The van der Waals surface area contributed by atoms with E-state index in [9.17, 15) is 4.79 Å². The van der Waals surface area contributed by atoms with E-state index in [4.69, 9.17) is 0 Å². The molecule has 1 amide bonds. The highest BCUT2D eigenvalue weighted by Crippen LogP contribution is 2.28. The number of hydrogen-bond donors (Lipinski definition) is 3. The molecule has 0 radical (unpaired) electrons. The Morgan fingerprint density at radius 2 is 2.23 bits per heavy atom. The summed E-state index contributed by atoms with van der Waals surface area (Å²) in [6, 6.07) is 0.539. The van der Waals surface area contributed by atoms with Crippen molar-refractivity contribution in [1.29, 1.82) is 0 Å². The highest BCUT2D eigenvalue weighted by molar-refractivity contribution is 14.0. The summed E-state index contributed by atoms with van der Waals surface area (Å²) in [6.07, 6.45) is 1.20. The molecule has 1 aromatic heterocycles. The lowest BCUT2D eigenvalue weighted by Crippen LogP contribution is -2.39. The Kier molecular flexibility index (Phi) is 8.08. The highest BCUT2D eigenvalue weighted by Gasteiger charge is 2.33. The summed E-state index contributed by atoms with van der Waals surface area (Å²) >= 11 is 1.36. The molecule has 0 bridgehead atoms. The van der Waals surface area contributed by atoms with Crippen LogP contribution in [-0.2, 0) is 0 Å². The number of carbonyl (C=O) groups excluding carboxylic acids is 1. The first kappa shape index (κ1) is 19.1. The smallest absolute Gasteiger partial charge is 0.263 e. The normalized spacial score (nSPS) is 20.0. The molecule has 124 valence electrons. The molecule has 1 fully saturated rings. The molecule has 1 aliphatic rings. The number of rotatable bonds is 6. The lowest BCUT2D eigenvalue weighted by Gasteiger charge is -2.10. The summed E-state index contributed by atoms with van der Waals surface area (Å²) in [6.45, 7) is 8.01. The minimum Gasteiger partial charge on any atom is -0.357 e. The summed E-state index contributed by atoms with van der Waals surface area (Å²) in [7, 11) is 0. The SMILES string of the molecule is CCNC(=NCCNC(=O)c1scnc1C)NC1CC1C.I. The van der Waals surface area contributed by atoms with Crippen molar-refractivity contribution < 1.29 is 4.79 Å². The zero-order valence-electron chi connectivity index (χ0n) is 13.2. The quantitative estimate of drug-likeness (QED) is 0.274. The molecule has 0 spiro atoms. The molecular formula is C14H24IN5OS. The second-order valence-electron chi connectivity index (χ2n) is 5.25. The fraction of sp³-hybridized carbons (Fsp3) is 0.643. The lowest BCUT2D eigenvalue weighted by atomic mass is 10.4. The van der Waals surface area contributed by atoms with Gasteiger partial charge >= 0.3 is 0 Å². The van der Waals surface area contributed by atoms with Crippen LogP contribution in [0.3, 0.4) is 0 Å². The van der Waals surface area contributed by atoms with E-state index < -0.39 is 0 Å². The molecule has 2 unspecified atom stereocenters. The molecule has 0 aliphatic heterocycles. The minimum absolute atomic E-state index is 0. The molecule has 1 saturated carbocycles. The highest BCUT2D eigenvalue weighted by atomic mass is 127. The number of aryl methyl sites for hydroxylation is 1. The van der Waals surface area contributed by atoms with E-state index in [0.717, 1.165) is 24.1 Å². The number of carbonyl (C=O) groups is 1. The van der Waals surface area contributed by atoms with Gasteiger partial charge in [0, 0.05) is 19.1 Å². The van der Waals surface area contributed by atoms with E-state index >= 15 is 0 Å². The Morgan fingerprint density at radius 3 is 2.77 bits per heavy atom. The van der Waals surface area contributed by atoms with Crippen molar-refractivity contribution >= 4 is 47.2 Å². The van der Waals surface area contributed by atoms with Crippen LogP contribution < -0.4 is 16.0 Å². The third-order valence-electron chi connectivity index (χ3n) is 3.39. The van der Waals surface area contributed by atoms with Crippen LogP contribution >= 0.6 is 35.3 Å².